The fraction of sp³-hybridized carbons (Fsp3) is 1.00. The van der Waals surface area contributed by atoms with Crippen LogP contribution in [-0.4, -0.2) is 27.3 Å². The molecule has 0 fully saturated rings. The Morgan fingerprint density at radius 2 is 1.24 bits per heavy atom. The van der Waals surface area contributed by atoms with Crippen LogP contribution in [0.15, 0.2) is 0 Å². The van der Waals surface area contributed by atoms with E-state index < -0.39 is 15.6 Å². The van der Waals surface area contributed by atoms with Crippen molar-refractivity contribution >= 4 is 18.9 Å². The molecular formula is C13H27F3O3SSi. The molecule has 0 radical (unpaired) electrons. The Bertz CT molecular complexity index is 330. The van der Waals surface area contributed by atoms with E-state index in [1.807, 2.05) is 0 Å². The second kappa shape index (κ2) is 12.5. The van der Waals surface area contributed by atoms with Gasteiger partial charge in [0.1, 0.15) is 0 Å². The van der Waals surface area contributed by atoms with Crippen molar-refractivity contribution < 1.29 is 26.1 Å². The fourth-order valence-corrected chi connectivity index (χ4v) is 2.57. The van der Waals surface area contributed by atoms with E-state index in [0.29, 0.717) is 0 Å². The summed E-state index contributed by atoms with van der Waals surface area (Å²) in [5, 5.41) is 0. The molecule has 0 amide bonds. The molecule has 0 atom stereocenters. The minimum Gasteiger partial charge on any atom is -0.741 e. The summed E-state index contributed by atoms with van der Waals surface area (Å²) in [6.07, 6.45) is 11.7. The van der Waals surface area contributed by atoms with Crippen LogP contribution >= 0.6 is 0 Å². The van der Waals surface area contributed by atoms with Gasteiger partial charge >= 0.3 is 14.3 Å². The van der Waals surface area contributed by atoms with Gasteiger partial charge in [-0.05, 0) is 6.42 Å². The SMILES string of the molecule is CCCCCCCCCC[Si+](C)C.O=S(=O)([O-])C(F)(F)F. The van der Waals surface area contributed by atoms with Gasteiger partial charge in [-0.1, -0.05) is 51.9 Å². The van der Waals surface area contributed by atoms with Gasteiger partial charge in [-0.15, -0.1) is 0 Å². The summed E-state index contributed by atoms with van der Waals surface area (Å²) < 4.78 is 58.9. The maximum atomic E-state index is 10.7. The van der Waals surface area contributed by atoms with Crippen molar-refractivity contribution in [1.29, 1.82) is 0 Å². The predicted molar refractivity (Wildman–Crippen MR) is 80.7 cm³/mol. The third-order valence-corrected chi connectivity index (χ3v) is 4.73. The Morgan fingerprint density at radius 1 is 0.905 bits per heavy atom. The smallest absolute Gasteiger partial charge is 0.485 e. The van der Waals surface area contributed by atoms with E-state index in [9.17, 15) is 13.2 Å². The molecule has 0 aliphatic rings. The third-order valence-electron chi connectivity index (χ3n) is 2.81. The monoisotopic (exact) mass is 348 g/mol. The highest BCUT2D eigenvalue weighted by molar-refractivity contribution is 7.86. The standard InChI is InChI=1S/C12H27Si.CHF3O3S/c1-4-5-6-7-8-9-10-11-12-13(2)3;2-1(3,4)8(5,6)7/h4-12H2,1-3H3;(H,5,6,7)/q+1;/p-1. The first-order valence-electron chi connectivity index (χ1n) is 7.33. The molecule has 0 aromatic carbocycles. The van der Waals surface area contributed by atoms with Crippen LogP contribution in [-0.2, 0) is 10.1 Å². The molecule has 0 N–H and O–H groups in total. The Kier molecular flexibility index (Phi) is 13.8. The van der Waals surface area contributed by atoms with E-state index >= 15 is 0 Å². The second-order valence-corrected chi connectivity index (χ2v) is 9.62. The molecule has 0 aromatic rings. The molecular weight excluding hydrogens is 321 g/mol. The van der Waals surface area contributed by atoms with Gasteiger partial charge in [0, 0.05) is 0 Å². The maximum Gasteiger partial charge on any atom is 0.485 e. The van der Waals surface area contributed by atoms with Crippen LogP contribution < -0.4 is 0 Å². The molecule has 0 spiro atoms. The fourth-order valence-electron chi connectivity index (χ4n) is 1.61. The molecule has 0 rings (SSSR count). The number of alkyl halides is 3. The van der Waals surface area contributed by atoms with Crippen LogP contribution in [0.4, 0.5) is 13.2 Å². The molecule has 3 nitrogen and oxygen atoms in total. The number of hydrogen-bond donors (Lipinski definition) is 0. The lowest BCUT2D eigenvalue weighted by Gasteiger charge is -2.08. The normalized spacial score (nSPS) is 11.8. The van der Waals surface area contributed by atoms with E-state index in [2.05, 4.69) is 20.0 Å². The van der Waals surface area contributed by atoms with Crippen LogP contribution in [0.2, 0.25) is 19.1 Å². The van der Waals surface area contributed by atoms with Gasteiger partial charge in [0.25, 0.3) is 0 Å². The molecule has 0 aliphatic heterocycles. The summed E-state index contributed by atoms with van der Waals surface area (Å²) in [6, 6.07) is 1.53. The summed E-state index contributed by atoms with van der Waals surface area (Å²) in [5.74, 6) is 0. The Morgan fingerprint density at radius 3 is 1.52 bits per heavy atom. The van der Waals surface area contributed by atoms with Gasteiger partial charge in [-0.25, -0.2) is 8.42 Å². The highest BCUT2D eigenvalue weighted by Crippen LogP contribution is 2.20. The van der Waals surface area contributed by atoms with Gasteiger partial charge in [0.2, 0.25) is 0 Å². The van der Waals surface area contributed by atoms with Gasteiger partial charge < -0.3 is 4.55 Å². The number of unbranched alkanes of at least 4 members (excludes halogenated alkanes) is 7. The summed E-state index contributed by atoms with van der Waals surface area (Å²) >= 11 is 0. The Labute approximate surface area is 128 Å². The lowest BCUT2D eigenvalue weighted by atomic mass is 10.1. The van der Waals surface area contributed by atoms with Crippen LogP contribution in [0.1, 0.15) is 58.3 Å². The molecule has 0 aliphatic carbocycles. The first-order valence-corrected chi connectivity index (χ1v) is 11.4. The van der Waals surface area contributed by atoms with E-state index in [-0.39, 0.29) is 8.80 Å². The highest BCUT2D eigenvalue weighted by Gasteiger charge is 2.36. The molecule has 8 heteroatoms. The zero-order valence-corrected chi connectivity index (χ0v) is 14.9. The molecule has 0 saturated carbocycles. The van der Waals surface area contributed by atoms with Crippen molar-refractivity contribution in [1.82, 2.24) is 0 Å². The lowest BCUT2D eigenvalue weighted by molar-refractivity contribution is -0.0517. The summed E-state index contributed by atoms with van der Waals surface area (Å²) in [7, 11) is -6.03. The molecule has 128 valence electrons. The minimum absolute atomic E-state index is 0.0644. The first kappa shape index (κ1) is 23.2. The molecule has 0 heterocycles. The topological polar surface area (TPSA) is 57.2 Å². The third kappa shape index (κ3) is 17.9. The van der Waals surface area contributed by atoms with Gasteiger partial charge in [0.05, 0.1) is 19.1 Å². The van der Waals surface area contributed by atoms with Crippen molar-refractivity contribution in [2.45, 2.75) is 82.9 Å². The first-order chi connectivity index (χ1) is 9.52. The van der Waals surface area contributed by atoms with Crippen molar-refractivity contribution in [3.05, 3.63) is 0 Å². The average molecular weight is 349 g/mol. The van der Waals surface area contributed by atoms with E-state index in [4.69, 9.17) is 13.0 Å². The van der Waals surface area contributed by atoms with Crippen LogP contribution in [0, 0.1) is 0 Å². The number of halogens is 3. The van der Waals surface area contributed by atoms with Gasteiger partial charge in [-0.3, -0.25) is 0 Å². The van der Waals surface area contributed by atoms with Crippen molar-refractivity contribution in [2.24, 2.45) is 0 Å². The van der Waals surface area contributed by atoms with Crippen LogP contribution in [0.5, 0.6) is 0 Å². The van der Waals surface area contributed by atoms with Gasteiger partial charge in [0.15, 0.2) is 10.1 Å². The molecule has 0 unspecified atom stereocenters. The number of rotatable bonds is 9. The quantitative estimate of drug-likeness (QED) is 0.257. The zero-order chi connectivity index (χ0) is 16.9. The van der Waals surface area contributed by atoms with Gasteiger partial charge in [-0.2, -0.15) is 13.2 Å². The highest BCUT2D eigenvalue weighted by atomic mass is 32.2. The van der Waals surface area contributed by atoms with E-state index in [0.717, 1.165) is 0 Å². The summed E-state index contributed by atoms with van der Waals surface area (Å²) in [5.41, 5.74) is -5.65. The van der Waals surface area contributed by atoms with Crippen LogP contribution in [0.25, 0.3) is 0 Å². The summed E-state index contributed by atoms with van der Waals surface area (Å²) in [6.45, 7) is 7.13. The molecule has 21 heavy (non-hydrogen) atoms. The van der Waals surface area contributed by atoms with Crippen molar-refractivity contribution in [3.8, 4) is 0 Å². The average Bonchev–Trinajstić information content (AvgIpc) is 2.30. The van der Waals surface area contributed by atoms with Crippen LogP contribution in [0.3, 0.4) is 0 Å². The Balaban J connectivity index is 0. The zero-order valence-electron chi connectivity index (χ0n) is 13.1. The van der Waals surface area contributed by atoms with E-state index in [1.165, 1.54) is 57.4 Å². The Hall–Kier alpha value is -0.0831. The van der Waals surface area contributed by atoms with E-state index in [1.54, 1.807) is 0 Å². The molecule has 0 aromatic heterocycles. The molecule has 0 bridgehead atoms. The second-order valence-electron chi connectivity index (χ2n) is 5.33. The largest absolute Gasteiger partial charge is 0.741 e. The predicted octanol–water partition coefficient (Wildman–Crippen LogP) is 4.93. The summed E-state index contributed by atoms with van der Waals surface area (Å²) in [4.78, 5) is 0. The van der Waals surface area contributed by atoms with Crippen molar-refractivity contribution in [3.63, 3.8) is 0 Å². The van der Waals surface area contributed by atoms with Crippen molar-refractivity contribution in [2.75, 3.05) is 0 Å². The lowest BCUT2D eigenvalue weighted by Crippen LogP contribution is -2.21. The minimum atomic E-state index is -6.09. The maximum absolute atomic E-state index is 10.7. The molecule has 0 saturated heterocycles. The number of hydrogen-bond acceptors (Lipinski definition) is 3.